The van der Waals surface area contributed by atoms with Gasteiger partial charge in [-0.05, 0) is 55.5 Å². The molecule has 0 saturated heterocycles. The third-order valence-electron chi connectivity index (χ3n) is 4.96. The van der Waals surface area contributed by atoms with Gasteiger partial charge in [-0.25, -0.2) is 4.98 Å². The summed E-state index contributed by atoms with van der Waals surface area (Å²) in [4.78, 5) is 4.56. The van der Waals surface area contributed by atoms with Crippen LogP contribution in [0.4, 0.5) is 10.8 Å². The van der Waals surface area contributed by atoms with E-state index < -0.39 is 0 Å². The van der Waals surface area contributed by atoms with Crippen LogP contribution in [0.1, 0.15) is 31.4 Å². The van der Waals surface area contributed by atoms with Crippen molar-refractivity contribution in [3.05, 3.63) is 11.1 Å². The molecule has 2 fully saturated rings. The lowest BCUT2D eigenvalue weighted by molar-refractivity contribution is 0.348. The van der Waals surface area contributed by atoms with Crippen molar-refractivity contribution in [3.8, 4) is 10.6 Å². The van der Waals surface area contributed by atoms with Crippen LogP contribution in [0.3, 0.4) is 0 Å². The van der Waals surface area contributed by atoms with Crippen LogP contribution in [0, 0.1) is 24.7 Å². The topological polar surface area (TPSA) is 63.8 Å². The van der Waals surface area contributed by atoms with E-state index in [0.29, 0.717) is 5.82 Å². The Bertz CT molecular complexity index is 648. The summed E-state index contributed by atoms with van der Waals surface area (Å²) in [6.07, 6.45) is 5.74. The number of hydrogen-bond donors (Lipinski definition) is 2. The zero-order valence-corrected chi connectivity index (χ0v) is 13.8. The molecule has 6 heteroatoms. The normalized spacial score (nSPS) is 27.4. The van der Waals surface area contributed by atoms with Crippen molar-refractivity contribution in [1.29, 1.82) is 0 Å². The fraction of sp³-hybridized carbons (Fsp3) is 0.600. The van der Waals surface area contributed by atoms with E-state index in [-0.39, 0.29) is 0 Å². The van der Waals surface area contributed by atoms with Gasteiger partial charge in [-0.1, -0.05) is 6.42 Å². The molecule has 2 aliphatic carbocycles. The number of thiazole rings is 1. The molecule has 3 N–H and O–H groups in total. The predicted molar refractivity (Wildman–Crippen MR) is 89.8 cm³/mol. The number of hydrogen-bond acceptors (Lipinski definition) is 6. The highest BCUT2D eigenvalue weighted by atomic mass is 32.1. The van der Waals surface area contributed by atoms with E-state index in [2.05, 4.69) is 20.1 Å². The maximum Gasteiger partial charge on any atom is 0.149 e. The van der Waals surface area contributed by atoms with Gasteiger partial charge in [0.15, 0.2) is 0 Å². The molecule has 21 heavy (non-hydrogen) atoms. The predicted octanol–water partition coefficient (Wildman–Crippen LogP) is 4.01. The SMILES string of the molecule is Cc1csc(-c2c(N)nsc2NCC2CC3CCC2C3)n1. The molecule has 3 atom stereocenters. The minimum absolute atomic E-state index is 0.602. The molecule has 0 spiro atoms. The molecule has 112 valence electrons. The zero-order chi connectivity index (χ0) is 14.4. The average Bonchev–Trinajstić information content (AvgIpc) is 3.21. The molecule has 2 aromatic heterocycles. The summed E-state index contributed by atoms with van der Waals surface area (Å²) < 4.78 is 4.32. The number of nitrogens with zero attached hydrogens (tertiary/aromatic N) is 2. The lowest BCUT2D eigenvalue weighted by atomic mass is 9.89. The minimum atomic E-state index is 0.602. The maximum atomic E-state index is 6.05. The highest BCUT2D eigenvalue weighted by molar-refractivity contribution is 7.15. The van der Waals surface area contributed by atoms with Gasteiger partial charge in [0, 0.05) is 17.6 Å². The summed E-state index contributed by atoms with van der Waals surface area (Å²) in [6.45, 7) is 3.07. The number of anilines is 2. The first-order valence-electron chi connectivity index (χ1n) is 7.62. The number of aryl methyl sites for hydroxylation is 1. The quantitative estimate of drug-likeness (QED) is 0.893. The molecule has 4 rings (SSSR count). The van der Waals surface area contributed by atoms with Gasteiger partial charge in [0.05, 0.1) is 5.56 Å². The number of fused-ring (bicyclic) bond motifs is 2. The molecule has 0 aliphatic heterocycles. The molecule has 0 aromatic carbocycles. The number of nitrogens with one attached hydrogen (secondary N) is 1. The summed E-state index contributed by atoms with van der Waals surface area (Å²) in [5, 5.41) is 7.74. The van der Waals surface area contributed by atoms with Gasteiger partial charge >= 0.3 is 0 Å². The fourth-order valence-corrected chi connectivity index (χ4v) is 5.59. The number of rotatable bonds is 4. The van der Waals surface area contributed by atoms with Crippen LogP contribution in [-0.2, 0) is 0 Å². The maximum absolute atomic E-state index is 6.05. The summed E-state index contributed by atoms with van der Waals surface area (Å²) >= 11 is 3.11. The Labute approximate surface area is 133 Å². The van der Waals surface area contributed by atoms with E-state index in [0.717, 1.165) is 45.6 Å². The monoisotopic (exact) mass is 320 g/mol. The van der Waals surface area contributed by atoms with E-state index in [1.165, 1.54) is 37.2 Å². The summed E-state index contributed by atoms with van der Waals surface area (Å²) in [5.74, 6) is 3.37. The summed E-state index contributed by atoms with van der Waals surface area (Å²) in [7, 11) is 0. The second-order valence-electron chi connectivity index (χ2n) is 6.38. The van der Waals surface area contributed by atoms with E-state index in [1.807, 2.05) is 6.92 Å². The molecule has 2 saturated carbocycles. The molecule has 2 aromatic rings. The van der Waals surface area contributed by atoms with Crippen LogP contribution < -0.4 is 11.1 Å². The molecule has 0 radical (unpaired) electrons. The highest BCUT2D eigenvalue weighted by Crippen LogP contribution is 2.48. The molecule has 2 aliphatic rings. The molecule has 4 nitrogen and oxygen atoms in total. The van der Waals surface area contributed by atoms with Crippen molar-refractivity contribution in [1.82, 2.24) is 9.36 Å². The standard InChI is InChI=1S/C15H20N4S2/c1-8-7-20-15(18-8)12-13(16)19-21-14(12)17-6-11-5-9-2-3-10(11)4-9/h7,9-11,17H,2-6H2,1H3,(H2,16,19). The van der Waals surface area contributed by atoms with Gasteiger partial charge in [-0.2, -0.15) is 4.37 Å². The second kappa shape index (κ2) is 5.25. The lowest BCUT2D eigenvalue weighted by Crippen LogP contribution is -2.19. The lowest BCUT2D eigenvalue weighted by Gasteiger charge is -2.22. The van der Waals surface area contributed by atoms with Crippen LogP contribution in [0.25, 0.3) is 10.6 Å². The Morgan fingerprint density at radius 3 is 2.95 bits per heavy atom. The van der Waals surface area contributed by atoms with Gasteiger partial charge in [-0.3, -0.25) is 0 Å². The first-order chi connectivity index (χ1) is 10.2. The third kappa shape index (κ3) is 2.44. The first kappa shape index (κ1) is 13.5. The van der Waals surface area contributed by atoms with Crippen LogP contribution >= 0.6 is 22.9 Å². The van der Waals surface area contributed by atoms with E-state index in [1.54, 1.807) is 11.3 Å². The Balaban J connectivity index is 1.51. The van der Waals surface area contributed by atoms with E-state index in [9.17, 15) is 0 Å². The Morgan fingerprint density at radius 2 is 2.29 bits per heavy atom. The van der Waals surface area contributed by atoms with Crippen LogP contribution in [0.2, 0.25) is 0 Å². The first-order valence-corrected chi connectivity index (χ1v) is 9.27. The van der Waals surface area contributed by atoms with Crippen molar-refractivity contribution >= 4 is 33.7 Å². The van der Waals surface area contributed by atoms with Crippen molar-refractivity contribution < 1.29 is 0 Å². The zero-order valence-electron chi connectivity index (χ0n) is 12.1. The number of nitrogen functional groups attached to an aromatic ring is 1. The van der Waals surface area contributed by atoms with E-state index >= 15 is 0 Å². The highest BCUT2D eigenvalue weighted by Gasteiger charge is 2.39. The van der Waals surface area contributed by atoms with Crippen LogP contribution in [-0.4, -0.2) is 15.9 Å². The van der Waals surface area contributed by atoms with Crippen LogP contribution in [0.15, 0.2) is 5.38 Å². The van der Waals surface area contributed by atoms with Crippen molar-refractivity contribution in [2.75, 3.05) is 17.6 Å². The van der Waals surface area contributed by atoms with Gasteiger partial charge in [0.1, 0.15) is 15.8 Å². The summed E-state index contributed by atoms with van der Waals surface area (Å²) in [6, 6.07) is 0. The second-order valence-corrected chi connectivity index (χ2v) is 8.01. The molecule has 2 heterocycles. The number of nitrogens with two attached hydrogens (primary N) is 1. The molecular formula is C15H20N4S2. The minimum Gasteiger partial charge on any atom is -0.382 e. The van der Waals surface area contributed by atoms with Crippen molar-refractivity contribution in [3.63, 3.8) is 0 Å². The third-order valence-corrected chi connectivity index (χ3v) is 6.76. The molecular weight excluding hydrogens is 300 g/mol. The fourth-order valence-electron chi connectivity index (χ4n) is 3.95. The largest absolute Gasteiger partial charge is 0.382 e. The Hall–Kier alpha value is -1.14. The smallest absolute Gasteiger partial charge is 0.149 e. The van der Waals surface area contributed by atoms with Crippen molar-refractivity contribution in [2.24, 2.45) is 17.8 Å². The Morgan fingerprint density at radius 1 is 1.38 bits per heavy atom. The van der Waals surface area contributed by atoms with E-state index in [4.69, 9.17) is 5.73 Å². The molecule has 3 unspecified atom stereocenters. The number of aromatic nitrogens is 2. The Kier molecular flexibility index (Phi) is 3.38. The summed E-state index contributed by atoms with van der Waals surface area (Å²) in [5.41, 5.74) is 8.10. The van der Waals surface area contributed by atoms with Gasteiger partial charge < -0.3 is 11.1 Å². The molecule has 2 bridgehead atoms. The van der Waals surface area contributed by atoms with Gasteiger partial charge in [-0.15, -0.1) is 11.3 Å². The van der Waals surface area contributed by atoms with Gasteiger partial charge in [0.25, 0.3) is 0 Å². The average molecular weight is 320 g/mol. The van der Waals surface area contributed by atoms with Gasteiger partial charge in [0.2, 0.25) is 0 Å². The van der Waals surface area contributed by atoms with Crippen LogP contribution in [0.5, 0.6) is 0 Å². The van der Waals surface area contributed by atoms with Crippen molar-refractivity contribution in [2.45, 2.75) is 32.6 Å². The molecule has 0 amide bonds.